The standard InChI is InChI=1S/C15H17ClFIN2/c1-2-15(5-3-6-15)20-13-8-10(17)11(18)9-12(13)19-14(20)4-7-16/h8-9H,2-7H2,1H3. The van der Waals surface area contributed by atoms with Crippen LogP contribution in [0.15, 0.2) is 12.1 Å². The van der Waals surface area contributed by atoms with Crippen LogP contribution >= 0.6 is 34.2 Å². The van der Waals surface area contributed by atoms with Crippen LogP contribution in [0.4, 0.5) is 4.39 Å². The molecule has 0 spiro atoms. The van der Waals surface area contributed by atoms with Gasteiger partial charge in [0.2, 0.25) is 0 Å². The van der Waals surface area contributed by atoms with Gasteiger partial charge in [0.1, 0.15) is 11.6 Å². The molecule has 1 saturated carbocycles. The van der Waals surface area contributed by atoms with Gasteiger partial charge in [0, 0.05) is 23.9 Å². The Bertz CT molecular complexity index is 643. The summed E-state index contributed by atoms with van der Waals surface area (Å²) in [6, 6.07) is 3.47. The molecule has 3 rings (SSSR count). The van der Waals surface area contributed by atoms with Crippen molar-refractivity contribution in [2.45, 2.75) is 44.6 Å². The monoisotopic (exact) mass is 406 g/mol. The molecule has 0 atom stereocenters. The van der Waals surface area contributed by atoms with Crippen LogP contribution in [0.1, 0.15) is 38.4 Å². The molecule has 108 valence electrons. The molecular formula is C15H17ClFIN2. The van der Waals surface area contributed by atoms with Gasteiger partial charge in [-0.15, -0.1) is 11.6 Å². The summed E-state index contributed by atoms with van der Waals surface area (Å²) in [7, 11) is 0. The van der Waals surface area contributed by atoms with E-state index in [1.165, 1.54) is 6.42 Å². The third-order valence-electron chi connectivity index (χ3n) is 4.50. The minimum absolute atomic E-state index is 0.120. The van der Waals surface area contributed by atoms with Gasteiger partial charge < -0.3 is 4.57 Å². The van der Waals surface area contributed by atoms with Crippen LogP contribution in [0.3, 0.4) is 0 Å². The first-order chi connectivity index (χ1) is 9.61. The third kappa shape index (κ3) is 2.15. The molecule has 0 N–H and O–H groups in total. The fourth-order valence-electron chi connectivity index (χ4n) is 3.22. The van der Waals surface area contributed by atoms with Gasteiger partial charge in [0.15, 0.2) is 0 Å². The Hall–Kier alpha value is -0.360. The van der Waals surface area contributed by atoms with Crippen molar-refractivity contribution in [3.63, 3.8) is 0 Å². The summed E-state index contributed by atoms with van der Waals surface area (Å²) in [5, 5.41) is 0. The zero-order valence-corrected chi connectivity index (χ0v) is 14.3. The van der Waals surface area contributed by atoms with E-state index in [9.17, 15) is 4.39 Å². The normalized spacial score (nSPS) is 17.4. The lowest BCUT2D eigenvalue weighted by atomic mass is 9.74. The van der Waals surface area contributed by atoms with Crippen molar-refractivity contribution in [1.82, 2.24) is 9.55 Å². The second-order valence-electron chi connectivity index (χ2n) is 5.49. The van der Waals surface area contributed by atoms with Crippen molar-refractivity contribution in [2.24, 2.45) is 0 Å². The molecule has 0 aliphatic heterocycles. The van der Waals surface area contributed by atoms with E-state index in [1.54, 1.807) is 6.07 Å². The Balaban J connectivity index is 2.26. The number of alkyl halides is 1. The smallest absolute Gasteiger partial charge is 0.138 e. The van der Waals surface area contributed by atoms with Gasteiger partial charge in [-0.3, -0.25) is 0 Å². The van der Waals surface area contributed by atoms with E-state index in [0.717, 1.165) is 42.5 Å². The minimum Gasteiger partial charge on any atom is -0.322 e. The van der Waals surface area contributed by atoms with Crippen molar-refractivity contribution >= 4 is 45.2 Å². The van der Waals surface area contributed by atoms with Crippen molar-refractivity contribution in [3.05, 3.63) is 27.3 Å². The van der Waals surface area contributed by atoms with Crippen LogP contribution in [0.2, 0.25) is 0 Å². The lowest BCUT2D eigenvalue weighted by Gasteiger charge is -2.44. The van der Waals surface area contributed by atoms with E-state index in [-0.39, 0.29) is 11.4 Å². The van der Waals surface area contributed by atoms with E-state index >= 15 is 0 Å². The lowest BCUT2D eigenvalue weighted by Crippen LogP contribution is -2.41. The minimum atomic E-state index is -0.165. The Morgan fingerprint density at radius 3 is 2.75 bits per heavy atom. The second kappa shape index (κ2) is 5.44. The highest BCUT2D eigenvalue weighted by Gasteiger charge is 2.39. The summed E-state index contributed by atoms with van der Waals surface area (Å²) in [6.45, 7) is 2.21. The van der Waals surface area contributed by atoms with Crippen LogP contribution in [0.5, 0.6) is 0 Å². The van der Waals surface area contributed by atoms with Gasteiger partial charge in [0.05, 0.1) is 14.6 Å². The molecule has 1 heterocycles. The van der Waals surface area contributed by atoms with E-state index in [2.05, 4.69) is 11.5 Å². The lowest BCUT2D eigenvalue weighted by molar-refractivity contribution is 0.137. The van der Waals surface area contributed by atoms with Crippen molar-refractivity contribution < 1.29 is 4.39 Å². The first-order valence-electron chi connectivity index (χ1n) is 7.04. The fraction of sp³-hybridized carbons (Fsp3) is 0.533. The van der Waals surface area contributed by atoms with E-state index < -0.39 is 0 Å². The molecule has 1 aliphatic rings. The van der Waals surface area contributed by atoms with Gasteiger partial charge >= 0.3 is 0 Å². The van der Waals surface area contributed by atoms with Crippen LogP contribution in [0.25, 0.3) is 11.0 Å². The van der Waals surface area contributed by atoms with Crippen LogP contribution < -0.4 is 0 Å². The summed E-state index contributed by atoms with van der Waals surface area (Å²) in [6.07, 6.45) is 5.33. The van der Waals surface area contributed by atoms with Crippen molar-refractivity contribution in [1.29, 1.82) is 0 Å². The SMILES string of the molecule is CCC1(n2c(CCCl)nc3cc(I)c(F)cc32)CCC1. The van der Waals surface area contributed by atoms with E-state index in [1.807, 2.05) is 28.7 Å². The first kappa shape index (κ1) is 14.6. The van der Waals surface area contributed by atoms with Crippen molar-refractivity contribution in [3.8, 4) is 0 Å². The highest BCUT2D eigenvalue weighted by Crippen LogP contribution is 2.45. The maximum atomic E-state index is 14.0. The number of aromatic nitrogens is 2. The maximum Gasteiger partial charge on any atom is 0.138 e. The first-order valence-corrected chi connectivity index (χ1v) is 8.65. The molecule has 1 aliphatic carbocycles. The van der Waals surface area contributed by atoms with Crippen LogP contribution in [-0.4, -0.2) is 15.4 Å². The average Bonchev–Trinajstić information content (AvgIpc) is 2.69. The molecule has 20 heavy (non-hydrogen) atoms. The van der Waals surface area contributed by atoms with Crippen molar-refractivity contribution in [2.75, 3.05) is 5.88 Å². The number of hydrogen-bond acceptors (Lipinski definition) is 1. The summed E-state index contributed by atoms with van der Waals surface area (Å²) in [4.78, 5) is 4.71. The molecule has 0 amide bonds. The Labute approximate surface area is 136 Å². The molecule has 0 radical (unpaired) electrons. The van der Waals surface area contributed by atoms with E-state index in [4.69, 9.17) is 16.6 Å². The number of benzene rings is 1. The number of fused-ring (bicyclic) bond motifs is 1. The van der Waals surface area contributed by atoms with E-state index in [0.29, 0.717) is 9.45 Å². The highest BCUT2D eigenvalue weighted by atomic mass is 127. The molecule has 2 aromatic rings. The zero-order chi connectivity index (χ0) is 14.3. The predicted molar refractivity (Wildman–Crippen MR) is 88.9 cm³/mol. The maximum absolute atomic E-state index is 14.0. The number of imidazole rings is 1. The average molecular weight is 407 g/mol. The largest absolute Gasteiger partial charge is 0.322 e. The van der Waals surface area contributed by atoms with Gasteiger partial charge in [-0.05, 0) is 54.3 Å². The molecule has 1 aromatic carbocycles. The zero-order valence-electron chi connectivity index (χ0n) is 11.4. The number of rotatable bonds is 4. The van der Waals surface area contributed by atoms with Crippen LogP contribution in [0, 0.1) is 9.39 Å². The van der Waals surface area contributed by atoms with Gasteiger partial charge in [0.25, 0.3) is 0 Å². The second-order valence-corrected chi connectivity index (χ2v) is 7.03. The summed E-state index contributed by atoms with van der Waals surface area (Å²) in [5.41, 5.74) is 1.93. The molecule has 2 nitrogen and oxygen atoms in total. The molecule has 1 fully saturated rings. The molecule has 0 saturated heterocycles. The third-order valence-corrected chi connectivity index (χ3v) is 5.52. The molecular weight excluding hydrogens is 390 g/mol. The predicted octanol–water partition coefficient (Wildman–Crippen LogP) is 4.85. The number of aryl methyl sites for hydroxylation is 1. The molecule has 0 bridgehead atoms. The Morgan fingerprint density at radius 2 is 2.20 bits per heavy atom. The highest BCUT2D eigenvalue weighted by molar-refractivity contribution is 14.1. The Morgan fingerprint density at radius 1 is 1.45 bits per heavy atom. The molecule has 0 unspecified atom stereocenters. The summed E-state index contributed by atoms with van der Waals surface area (Å²) < 4.78 is 16.9. The molecule has 5 heteroatoms. The van der Waals surface area contributed by atoms with Gasteiger partial charge in [-0.1, -0.05) is 6.92 Å². The number of hydrogen-bond donors (Lipinski definition) is 0. The quantitative estimate of drug-likeness (QED) is 0.524. The fourth-order valence-corrected chi connectivity index (χ4v) is 3.84. The topological polar surface area (TPSA) is 17.8 Å². The Kier molecular flexibility index (Phi) is 3.97. The summed E-state index contributed by atoms with van der Waals surface area (Å²) >= 11 is 7.94. The van der Waals surface area contributed by atoms with Gasteiger partial charge in [-0.2, -0.15) is 0 Å². The molecule has 1 aromatic heterocycles. The number of halogens is 3. The number of nitrogens with zero attached hydrogens (tertiary/aromatic N) is 2. The summed E-state index contributed by atoms with van der Waals surface area (Å²) in [5.74, 6) is 1.38. The van der Waals surface area contributed by atoms with Gasteiger partial charge in [-0.25, -0.2) is 9.37 Å². The van der Waals surface area contributed by atoms with Crippen LogP contribution in [-0.2, 0) is 12.0 Å².